The molecule has 1 aliphatic heterocycles. The Labute approximate surface area is 220 Å². The summed E-state index contributed by atoms with van der Waals surface area (Å²) in [6, 6.07) is 10.2. The molecular weight excluding hydrogens is 485 g/mol. The minimum absolute atomic E-state index is 0.0245. The highest BCUT2D eigenvalue weighted by Crippen LogP contribution is 2.33. The summed E-state index contributed by atoms with van der Waals surface area (Å²) in [5, 5.41) is 7.71. The van der Waals surface area contributed by atoms with Gasteiger partial charge in [-0.25, -0.2) is 4.39 Å². The number of fused-ring (bicyclic) bond motifs is 1. The summed E-state index contributed by atoms with van der Waals surface area (Å²) >= 11 is 0. The Bertz CT molecular complexity index is 1540. The smallest absolute Gasteiger partial charge is 0.253 e. The second-order valence-electron chi connectivity index (χ2n) is 10.5. The Balaban J connectivity index is 1.34. The van der Waals surface area contributed by atoms with Gasteiger partial charge in [0.2, 0.25) is 5.91 Å². The molecule has 1 fully saturated rings. The molecule has 0 saturated carbocycles. The molecule has 38 heavy (non-hydrogen) atoms. The molecule has 2 amide bonds. The van der Waals surface area contributed by atoms with Crippen molar-refractivity contribution in [3.63, 3.8) is 0 Å². The fraction of sp³-hybridized carbons (Fsp3) is 0.310. The van der Waals surface area contributed by atoms with Gasteiger partial charge in [0.1, 0.15) is 17.3 Å². The highest BCUT2D eigenvalue weighted by atomic mass is 19.1. The van der Waals surface area contributed by atoms with Gasteiger partial charge in [0.15, 0.2) is 0 Å². The Kier molecular flexibility index (Phi) is 6.60. The van der Waals surface area contributed by atoms with E-state index in [2.05, 4.69) is 15.4 Å². The first kappa shape index (κ1) is 25.4. The molecule has 0 aliphatic carbocycles. The number of hydrogen-bond acceptors (Lipinski definition) is 5. The molecule has 2 aromatic heterocycles. The van der Waals surface area contributed by atoms with Crippen LogP contribution >= 0.6 is 0 Å². The number of halogens is 1. The highest BCUT2D eigenvalue weighted by Gasteiger charge is 2.22. The Hall–Kier alpha value is -4.27. The van der Waals surface area contributed by atoms with Crippen LogP contribution in [0, 0.1) is 12.7 Å². The van der Waals surface area contributed by atoms with Crippen molar-refractivity contribution in [1.29, 1.82) is 0 Å². The summed E-state index contributed by atoms with van der Waals surface area (Å²) in [5.41, 5.74) is 2.12. The number of rotatable bonds is 6. The lowest BCUT2D eigenvalue weighted by molar-refractivity contribution is -0.115. The van der Waals surface area contributed by atoms with Crippen molar-refractivity contribution < 1.29 is 18.7 Å². The number of nitrogens with zero attached hydrogens (tertiary/aromatic N) is 4. The molecule has 0 atom stereocenters. The van der Waals surface area contributed by atoms with E-state index < -0.39 is 5.82 Å². The standard InChI is InChI=1S/C29H30FN5O3/c1-18-24(9-7-19(27(18)30)15-26(36)33-21-16-32-35(17-21)29(2,3)4)38-25-10-11-31-23-8-6-20(14-22(23)25)28(37)34-12-5-13-34/h6-11,14,16-17H,5,12-13,15H2,1-4H3,(H,33,36). The average molecular weight is 516 g/mol. The highest BCUT2D eigenvalue weighted by molar-refractivity contribution is 5.99. The van der Waals surface area contributed by atoms with E-state index in [0.29, 0.717) is 33.7 Å². The van der Waals surface area contributed by atoms with Crippen LogP contribution in [0.2, 0.25) is 0 Å². The zero-order valence-electron chi connectivity index (χ0n) is 21.9. The molecule has 196 valence electrons. The van der Waals surface area contributed by atoms with E-state index in [9.17, 15) is 9.59 Å². The topological polar surface area (TPSA) is 89.3 Å². The number of carbonyl (C=O) groups excluding carboxylic acids is 2. The van der Waals surface area contributed by atoms with E-state index in [4.69, 9.17) is 4.74 Å². The van der Waals surface area contributed by atoms with E-state index in [1.165, 1.54) is 0 Å². The van der Waals surface area contributed by atoms with Crippen molar-refractivity contribution in [2.75, 3.05) is 18.4 Å². The summed E-state index contributed by atoms with van der Waals surface area (Å²) < 4.78 is 23.2. The number of anilines is 1. The largest absolute Gasteiger partial charge is 0.456 e. The second-order valence-corrected chi connectivity index (χ2v) is 10.5. The minimum atomic E-state index is -0.505. The number of nitrogens with one attached hydrogen (secondary N) is 1. The first-order valence-corrected chi connectivity index (χ1v) is 12.6. The van der Waals surface area contributed by atoms with Crippen LogP contribution in [0.3, 0.4) is 0 Å². The van der Waals surface area contributed by atoms with Crippen molar-refractivity contribution in [3.05, 3.63) is 77.5 Å². The number of likely N-dealkylation sites (tertiary alicyclic amines) is 1. The summed E-state index contributed by atoms with van der Waals surface area (Å²) in [6.07, 6.45) is 5.82. The second kappa shape index (κ2) is 9.89. The number of pyridine rings is 1. The van der Waals surface area contributed by atoms with Gasteiger partial charge in [0.05, 0.1) is 29.4 Å². The van der Waals surface area contributed by atoms with Crippen molar-refractivity contribution in [3.8, 4) is 11.5 Å². The quantitative estimate of drug-likeness (QED) is 0.369. The minimum Gasteiger partial charge on any atom is -0.456 e. The average Bonchev–Trinajstić information content (AvgIpc) is 3.31. The third-order valence-electron chi connectivity index (χ3n) is 6.63. The van der Waals surface area contributed by atoms with Crippen molar-refractivity contribution >= 4 is 28.4 Å². The molecule has 1 saturated heterocycles. The van der Waals surface area contributed by atoms with Crippen molar-refractivity contribution in [1.82, 2.24) is 19.7 Å². The first-order valence-electron chi connectivity index (χ1n) is 12.6. The fourth-order valence-corrected chi connectivity index (χ4v) is 4.27. The number of benzene rings is 2. The third-order valence-corrected chi connectivity index (χ3v) is 6.63. The maximum atomic E-state index is 15.3. The van der Waals surface area contributed by atoms with Crippen LogP contribution in [0.1, 0.15) is 48.7 Å². The van der Waals surface area contributed by atoms with Gasteiger partial charge in [-0.05, 0) is 70.0 Å². The number of hydrogen-bond donors (Lipinski definition) is 1. The van der Waals surface area contributed by atoms with E-state index in [-0.39, 0.29) is 34.9 Å². The number of carbonyl (C=O) groups is 2. The van der Waals surface area contributed by atoms with Gasteiger partial charge in [-0.1, -0.05) is 6.07 Å². The lowest BCUT2D eigenvalue weighted by Crippen LogP contribution is -2.41. The summed E-state index contributed by atoms with van der Waals surface area (Å²) in [4.78, 5) is 31.5. The maximum Gasteiger partial charge on any atom is 0.253 e. The van der Waals surface area contributed by atoms with Crippen LogP contribution < -0.4 is 10.1 Å². The Morgan fingerprint density at radius 1 is 1.11 bits per heavy atom. The van der Waals surface area contributed by atoms with Crippen LogP contribution in [0.4, 0.5) is 10.1 Å². The fourth-order valence-electron chi connectivity index (χ4n) is 4.27. The van der Waals surface area contributed by atoms with E-state index in [0.717, 1.165) is 19.5 Å². The normalized spacial score (nSPS) is 13.3. The predicted octanol–water partition coefficient (Wildman–Crippen LogP) is 5.45. The Morgan fingerprint density at radius 3 is 2.58 bits per heavy atom. The molecule has 0 bridgehead atoms. The molecule has 0 spiro atoms. The van der Waals surface area contributed by atoms with Gasteiger partial charge < -0.3 is 15.0 Å². The molecule has 3 heterocycles. The molecule has 4 aromatic rings. The first-order chi connectivity index (χ1) is 18.1. The van der Waals surface area contributed by atoms with Crippen molar-refractivity contribution in [2.45, 2.75) is 46.1 Å². The third kappa shape index (κ3) is 5.09. The molecule has 1 aliphatic rings. The summed E-state index contributed by atoms with van der Waals surface area (Å²) in [6.45, 7) is 9.16. The van der Waals surface area contributed by atoms with Gasteiger partial charge >= 0.3 is 0 Å². The number of aromatic nitrogens is 3. The van der Waals surface area contributed by atoms with Gasteiger partial charge in [0.25, 0.3) is 5.91 Å². The predicted molar refractivity (Wildman–Crippen MR) is 143 cm³/mol. The Morgan fingerprint density at radius 2 is 1.89 bits per heavy atom. The maximum absolute atomic E-state index is 15.3. The van der Waals surface area contributed by atoms with E-state index >= 15 is 4.39 Å². The zero-order chi connectivity index (χ0) is 27.0. The van der Waals surface area contributed by atoms with Crippen LogP contribution in [0.25, 0.3) is 10.9 Å². The summed E-state index contributed by atoms with van der Waals surface area (Å²) in [7, 11) is 0. The van der Waals surface area contributed by atoms with E-state index in [1.54, 1.807) is 71.5 Å². The number of ether oxygens (including phenoxy) is 1. The molecule has 1 N–H and O–H groups in total. The number of amides is 2. The van der Waals surface area contributed by atoms with Crippen LogP contribution in [-0.2, 0) is 16.8 Å². The van der Waals surface area contributed by atoms with Gasteiger partial charge in [-0.3, -0.25) is 19.3 Å². The molecule has 2 aromatic carbocycles. The van der Waals surface area contributed by atoms with Crippen LogP contribution in [-0.4, -0.2) is 44.6 Å². The molecule has 5 rings (SSSR count). The van der Waals surface area contributed by atoms with Gasteiger partial charge in [0, 0.05) is 42.0 Å². The molecular formula is C29H30FN5O3. The molecule has 8 nitrogen and oxygen atoms in total. The molecule has 9 heteroatoms. The monoisotopic (exact) mass is 515 g/mol. The van der Waals surface area contributed by atoms with Gasteiger partial charge in [-0.2, -0.15) is 5.10 Å². The van der Waals surface area contributed by atoms with Crippen molar-refractivity contribution in [2.24, 2.45) is 0 Å². The van der Waals surface area contributed by atoms with Crippen LogP contribution in [0.15, 0.2) is 55.0 Å². The zero-order valence-corrected chi connectivity index (χ0v) is 21.9. The van der Waals surface area contributed by atoms with E-state index in [1.807, 2.05) is 20.8 Å². The SMILES string of the molecule is Cc1c(Oc2ccnc3ccc(C(=O)N4CCC4)cc23)ccc(CC(=O)Nc2cnn(C(C)(C)C)c2)c1F. The molecule has 0 unspecified atom stereocenters. The summed E-state index contributed by atoms with van der Waals surface area (Å²) in [5.74, 6) is -0.0780. The lowest BCUT2D eigenvalue weighted by Gasteiger charge is -2.31. The molecule has 0 radical (unpaired) electrons. The van der Waals surface area contributed by atoms with Crippen LogP contribution in [0.5, 0.6) is 11.5 Å². The lowest BCUT2D eigenvalue weighted by atomic mass is 10.1. The van der Waals surface area contributed by atoms with Gasteiger partial charge in [-0.15, -0.1) is 0 Å².